The summed E-state index contributed by atoms with van der Waals surface area (Å²) >= 11 is 0. The van der Waals surface area contributed by atoms with Gasteiger partial charge in [0.15, 0.2) is 0 Å². The molecular formula is C18H23N3. The van der Waals surface area contributed by atoms with Crippen LogP contribution in [-0.2, 0) is 0 Å². The lowest BCUT2D eigenvalue weighted by atomic mass is 9.90. The second-order valence-corrected chi connectivity index (χ2v) is 6.31. The van der Waals surface area contributed by atoms with E-state index in [0.29, 0.717) is 18.0 Å². The first kappa shape index (κ1) is 15.3. The van der Waals surface area contributed by atoms with Crippen LogP contribution in [0.2, 0.25) is 0 Å². The fourth-order valence-corrected chi connectivity index (χ4v) is 2.92. The van der Waals surface area contributed by atoms with E-state index in [4.69, 9.17) is 5.73 Å². The molecule has 0 fully saturated rings. The Labute approximate surface area is 126 Å². The van der Waals surface area contributed by atoms with Crippen LogP contribution in [0.4, 0.5) is 5.69 Å². The summed E-state index contributed by atoms with van der Waals surface area (Å²) in [4.78, 5) is 0. The third kappa shape index (κ3) is 3.34. The summed E-state index contributed by atoms with van der Waals surface area (Å²) in [5, 5.41) is 14.9. The van der Waals surface area contributed by atoms with Gasteiger partial charge in [-0.15, -0.1) is 0 Å². The zero-order chi connectivity index (χ0) is 15.5. The Hall–Kier alpha value is -2.05. The molecule has 0 spiro atoms. The second kappa shape index (κ2) is 6.15. The van der Waals surface area contributed by atoms with E-state index < -0.39 is 0 Å². The van der Waals surface area contributed by atoms with Gasteiger partial charge in [0.05, 0.1) is 11.6 Å². The maximum absolute atomic E-state index is 9.23. The van der Waals surface area contributed by atoms with Crippen molar-refractivity contribution in [1.82, 2.24) is 0 Å². The number of anilines is 1. The highest BCUT2D eigenvalue weighted by atomic mass is 15.0. The Morgan fingerprint density at radius 1 is 1.19 bits per heavy atom. The van der Waals surface area contributed by atoms with Crippen LogP contribution >= 0.6 is 0 Å². The van der Waals surface area contributed by atoms with Crippen molar-refractivity contribution in [1.29, 1.82) is 5.26 Å². The molecule has 21 heavy (non-hydrogen) atoms. The minimum Gasteiger partial charge on any atom is -0.378 e. The number of nitrogens with zero attached hydrogens (tertiary/aromatic N) is 1. The molecule has 1 unspecified atom stereocenters. The van der Waals surface area contributed by atoms with Crippen molar-refractivity contribution in [3.63, 3.8) is 0 Å². The van der Waals surface area contributed by atoms with Crippen LogP contribution < -0.4 is 11.1 Å². The van der Waals surface area contributed by atoms with Gasteiger partial charge in [0.2, 0.25) is 0 Å². The fraction of sp³-hybridized carbons (Fsp3) is 0.389. The Kier molecular flexibility index (Phi) is 4.50. The number of nitrogens with two attached hydrogens (primary N) is 1. The first-order valence-electron chi connectivity index (χ1n) is 7.39. The van der Waals surface area contributed by atoms with Crippen LogP contribution in [0.15, 0.2) is 36.4 Å². The van der Waals surface area contributed by atoms with Gasteiger partial charge in [0.1, 0.15) is 0 Å². The van der Waals surface area contributed by atoms with Gasteiger partial charge < -0.3 is 11.1 Å². The SMILES string of the molecule is CC(C)CC(C)(CN)Nc1ccc(C#N)c2ccccc12. The van der Waals surface area contributed by atoms with E-state index in [0.717, 1.165) is 22.9 Å². The highest BCUT2D eigenvalue weighted by Gasteiger charge is 2.24. The lowest BCUT2D eigenvalue weighted by Crippen LogP contribution is -2.43. The highest BCUT2D eigenvalue weighted by molar-refractivity contribution is 5.97. The molecule has 0 amide bonds. The molecule has 0 radical (unpaired) electrons. The average Bonchev–Trinajstić information content (AvgIpc) is 2.47. The van der Waals surface area contributed by atoms with Gasteiger partial charge in [-0.1, -0.05) is 38.1 Å². The predicted octanol–water partition coefficient (Wildman–Crippen LogP) is 3.89. The van der Waals surface area contributed by atoms with Crippen molar-refractivity contribution in [3.05, 3.63) is 42.0 Å². The van der Waals surface area contributed by atoms with Gasteiger partial charge in [0, 0.05) is 28.5 Å². The molecule has 2 aromatic carbocycles. The summed E-state index contributed by atoms with van der Waals surface area (Å²) in [7, 11) is 0. The van der Waals surface area contributed by atoms with E-state index in [-0.39, 0.29) is 5.54 Å². The lowest BCUT2D eigenvalue weighted by Gasteiger charge is -2.33. The third-order valence-corrected chi connectivity index (χ3v) is 3.79. The van der Waals surface area contributed by atoms with Crippen LogP contribution in [0.5, 0.6) is 0 Å². The Morgan fingerprint density at radius 3 is 2.43 bits per heavy atom. The number of fused-ring (bicyclic) bond motifs is 1. The smallest absolute Gasteiger partial charge is 0.0998 e. The maximum atomic E-state index is 9.23. The van der Waals surface area contributed by atoms with Crippen LogP contribution in [0, 0.1) is 17.2 Å². The van der Waals surface area contributed by atoms with E-state index in [2.05, 4.69) is 32.2 Å². The highest BCUT2D eigenvalue weighted by Crippen LogP contribution is 2.30. The quantitative estimate of drug-likeness (QED) is 0.874. The first-order valence-corrected chi connectivity index (χ1v) is 7.39. The normalized spacial score (nSPS) is 13.9. The van der Waals surface area contributed by atoms with Gasteiger partial charge in [-0.25, -0.2) is 0 Å². The average molecular weight is 281 g/mol. The van der Waals surface area contributed by atoms with Gasteiger partial charge in [-0.2, -0.15) is 5.26 Å². The molecule has 0 aliphatic rings. The molecule has 0 aromatic heterocycles. The zero-order valence-corrected chi connectivity index (χ0v) is 13.0. The standard InChI is InChI=1S/C18H23N3/c1-13(2)10-18(3,12-20)21-17-9-8-14(11-19)15-6-4-5-7-16(15)17/h4-9,13,21H,10,12,20H2,1-3H3. The Bertz CT molecular complexity index is 670. The monoisotopic (exact) mass is 281 g/mol. The third-order valence-electron chi connectivity index (χ3n) is 3.79. The summed E-state index contributed by atoms with van der Waals surface area (Å²) < 4.78 is 0. The fourth-order valence-electron chi connectivity index (χ4n) is 2.92. The largest absolute Gasteiger partial charge is 0.378 e. The van der Waals surface area contributed by atoms with Gasteiger partial charge in [-0.3, -0.25) is 0 Å². The topological polar surface area (TPSA) is 61.8 Å². The van der Waals surface area contributed by atoms with Crippen molar-refractivity contribution in [2.24, 2.45) is 11.7 Å². The number of hydrogen-bond acceptors (Lipinski definition) is 3. The van der Waals surface area contributed by atoms with Gasteiger partial charge >= 0.3 is 0 Å². The summed E-state index contributed by atoms with van der Waals surface area (Å²) in [6.07, 6.45) is 0.998. The van der Waals surface area contributed by atoms with E-state index in [1.54, 1.807) is 0 Å². The molecule has 0 bridgehead atoms. The Balaban J connectivity index is 2.46. The van der Waals surface area contributed by atoms with Crippen LogP contribution in [-0.4, -0.2) is 12.1 Å². The molecule has 0 saturated heterocycles. The molecule has 3 N–H and O–H groups in total. The lowest BCUT2D eigenvalue weighted by molar-refractivity contribution is 0.407. The molecule has 2 aromatic rings. The summed E-state index contributed by atoms with van der Waals surface area (Å²) in [5.41, 5.74) is 7.58. The number of nitrogens with one attached hydrogen (secondary N) is 1. The minimum absolute atomic E-state index is 0.148. The van der Waals surface area contributed by atoms with Crippen molar-refractivity contribution < 1.29 is 0 Å². The number of rotatable bonds is 5. The first-order chi connectivity index (χ1) is 9.99. The molecule has 1 atom stereocenters. The number of hydrogen-bond donors (Lipinski definition) is 2. The molecular weight excluding hydrogens is 258 g/mol. The summed E-state index contributed by atoms with van der Waals surface area (Å²) in [6, 6.07) is 14.1. The molecule has 2 rings (SSSR count). The van der Waals surface area contributed by atoms with Crippen LogP contribution in [0.25, 0.3) is 10.8 Å². The van der Waals surface area contributed by atoms with E-state index in [1.807, 2.05) is 36.4 Å². The molecule has 3 nitrogen and oxygen atoms in total. The molecule has 0 aliphatic carbocycles. The molecule has 110 valence electrons. The van der Waals surface area contributed by atoms with Crippen LogP contribution in [0.1, 0.15) is 32.8 Å². The molecule has 0 aliphatic heterocycles. The maximum Gasteiger partial charge on any atom is 0.0998 e. The number of nitriles is 1. The zero-order valence-electron chi connectivity index (χ0n) is 13.0. The minimum atomic E-state index is -0.148. The van der Waals surface area contributed by atoms with Crippen molar-refractivity contribution in [2.75, 3.05) is 11.9 Å². The van der Waals surface area contributed by atoms with Gasteiger partial charge in [0.25, 0.3) is 0 Å². The van der Waals surface area contributed by atoms with E-state index >= 15 is 0 Å². The van der Waals surface area contributed by atoms with Crippen molar-refractivity contribution >= 4 is 16.5 Å². The summed E-state index contributed by atoms with van der Waals surface area (Å²) in [6.45, 7) is 7.12. The van der Waals surface area contributed by atoms with Crippen molar-refractivity contribution in [2.45, 2.75) is 32.7 Å². The van der Waals surface area contributed by atoms with Crippen LogP contribution in [0.3, 0.4) is 0 Å². The second-order valence-electron chi connectivity index (χ2n) is 6.31. The number of benzene rings is 2. The van der Waals surface area contributed by atoms with E-state index in [1.165, 1.54) is 0 Å². The van der Waals surface area contributed by atoms with Crippen molar-refractivity contribution in [3.8, 4) is 6.07 Å². The van der Waals surface area contributed by atoms with E-state index in [9.17, 15) is 5.26 Å². The molecule has 0 heterocycles. The molecule has 3 heteroatoms. The van der Waals surface area contributed by atoms with Gasteiger partial charge in [-0.05, 0) is 31.4 Å². The Morgan fingerprint density at radius 2 is 1.86 bits per heavy atom. The summed E-state index contributed by atoms with van der Waals surface area (Å²) in [5.74, 6) is 0.565. The predicted molar refractivity (Wildman–Crippen MR) is 89.2 cm³/mol. The molecule has 0 saturated carbocycles.